The quantitative estimate of drug-likeness (QED) is 0.522. The molecule has 0 aromatic heterocycles. The van der Waals surface area contributed by atoms with Gasteiger partial charge >= 0.3 is 0 Å². The minimum Gasteiger partial charge on any atom is -0.394 e. The van der Waals surface area contributed by atoms with E-state index >= 15 is 0 Å². The number of nitriles is 1. The molecule has 0 heterocycles. The van der Waals surface area contributed by atoms with Gasteiger partial charge in [-0.2, -0.15) is 5.26 Å². The van der Waals surface area contributed by atoms with Crippen LogP contribution in [0.2, 0.25) is 10.0 Å². The lowest BCUT2D eigenvalue weighted by Crippen LogP contribution is -2.38. The molecule has 1 unspecified atom stereocenters. The molecule has 0 saturated heterocycles. The van der Waals surface area contributed by atoms with Gasteiger partial charge in [-0.1, -0.05) is 47.0 Å². The van der Waals surface area contributed by atoms with Crippen molar-refractivity contribution < 1.29 is 9.23 Å². The number of hydrogen-bond donors (Lipinski definition) is 2. The Kier molecular flexibility index (Phi) is 6.50. The molecular weight excluding hydrogens is 400 g/mol. The molecule has 3 rings (SSSR count). The van der Waals surface area contributed by atoms with Crippen LogP contribution in [0, 0.1) is 24.1 Å². The van der Waals surface area contributed by atoms with Gasteiger partial charge in [0.05, 0.1) is 17.7 Å². The molecule has 0 amide bonds. The molecule has 7 heteroatoms. The average Bonchev–Trinajstić information content (AvgIpc) is 2.67. The summed E-state index contributed by atoms with van der Waals surface area (Å²) in [5, 5.41) is 9.90. The summed E-state index contributed by atoms with van der Waals surface area (Å²) in [6.07, 6.45) is 0. The van der Waals surface area contributed by atoms with Gasteiger partial charge in [-0.25, -0.2) is 9.82 Å². The average molecular weight is 416 g/mol. The van der Waals surface area contributed by atoms with Crippen LogP contribution < -0.4 is 15.9 Å². The zero-order chi connectivity index (χ0) is 20.1. The highest BCUT2D eigenvalue weighted by atomic mass is 35.5. The molecule has 3 aromatic carbocycles. The topological polar surface area (TPSA) is 57.1 Å². The van der Waals surface area contributed by atoms with E-state index in [0.717, 1.165) is 11.1 Å². The van der Waals surface area contributed by atoms with Gasteiger partial charge in [0.25, 0.3) is 0 Å². The van der Waals surface area contributed by atoms with Crippen LogP contribution in [0.1, 0.15) is 28.3 Å². The molecule has 142 valence electrons. The molecule has 0 saturated carbocycles. The predicted octanol–water partition coefficient (Wildman–Crippen LogP) is 5.49. The Balaban J connectivity index is 1.80. The number of aryl methyl sites for hydroxylation is 1. The summed E-state index contributed by atoms with van der Waals surface area (Å²) in [5.74, 6) is 0.0615. The molecular formula is C21H16Cl2FN3O. The second kappa shape index (κ2) is 9.05. The number of nitrogens with one attached hydrogen (secondary N) is 2. The summed E-state index contributed by atoms with van der Waals surface area (Å²) in [6.45, 7) is 1.82. The monoisotopic (exact) mass is 415 g/mol. The lowest BCUT2D eigenvalue weighted by molar-refractivity contribution is 0.137. The number of hydrogen-bond acceptors (Lipinski definition) is 4. The van der Waals surface area contributed by atoms with Crippen molar-refractivity contribution in [3.05, 3.63) is 98.8 Å². The van der Waals surface area contributed by atoms with Gasteiger partial charge in [0.2, 0.25) is 0 Å². The Morgan fingerprint density at radius 1 is 1.00 bits per heavy atom. The molecule has 0 aliphatic heterocycles. The van der Waals surface area contributed by atoms with Crippen LogP contribution in [-0.2, 0) is 0 Å². The van der Waals surface area contributed by atoms with Crippen molar-refractivity contribution >= 4 is 23.2 Å². The van der Waals surface area contributed by atoms with Gasteiger partial charge in [0.1, 0.15) is 11.6 Å². The van der Waals surface area contributed by atoms with E-state index in [-0.39, 0.29) is 0 Å². The van der Waals surface area contributed by atoms with Crippen LogP contribution >= 0.6 is 23.2 Å². The van der Waals surface area contributed by atoms with Crippen molar-refractivity contribution in [2.75, 3.05) is 0 Å². The number of halogens is 3. The zero-order valence-electron chi connectivity index (χ0n) is 14.8. The van der Waals surface area contributed by atoms with Gasteiger partial charge in [-0.3, -0.25) is 0 Å². The third-order valence-electron chi connectivity index (χ3n) is 4.17. The fourth-order valence-electron chi connectivity index (χ4n) is 2.70. The van der Waals surface area contributed by atoms with Gasteiger partial charge < -0.3 is 4.84 Å². The summed E-state index contributed by atoms with van der Waals surface area (Å²) in [4.78, 5) is 5.50. The predicted molar refractivity (Wildman–Crippen MR) is 107 cm³/mol. The van der Waals surface area contributed by atoms with Gasteiger partial charge in [-0.15, -0.1) is 0 Å². The van der Waals surface area contributed by atoms with E-state index in [0.29, 0.717) is 26.9 Å². The van der Waals surface area contributed by atoms with Crippen molar-refractivity contribution in [3.8, 4) is 11.8 Å². The highest BCUT2D eigenvalue weighted by Gasteiger charge is 2.18. The van der Waals surface area contributed by atoms with Crippen LogP contribution in [0.3, 0.4) is 0 Å². The first kappa shape index (κ1) is 20.1. The van der Waals surface area contributed by atoms with E-state index < -0.39 is 11.9 Å². The maximum atomic E-state index is 14.5. The second-order valence-electron chi connectivity index (χ2n) is 6.09. The molecule has 1 atom stereocenters. The maximum Gasteiger partial charge on any atom is 0.149 e. The fourth-order valence-corrected chi connectivity index (χ4v) is 2.99. The van der Waals surface area contributed by atoms with Crippen molar-refractivity contribution in [2.45, 2.75) is 13.0 Å². The van der Waals surface area contributed by atoms with E-state index in [1.54, 1.807) is 54.6 Å². The highest BCUT2D eigenvalue weighted by Crippen LogP contribution is 2.27. The molecule has 28 heavy (non-hydrogen) atoms. The molecule has 0 fully saturated rings. The summed E-state index contributed by atoms with van der Waals surface area (Å²) >= 11 is 11.8. The first-order valence-electron chi connectivity index (χ1n) is 8.36. The van der Waals surface area contributed by atoms with Crippen molar-refractivity contribution in [3.63, 3.8) is 0 Å². The minimum absolute atomic E-state index is 0.313. The van der Waals surface area contributed by atoms with Crippen molar-refractivity contribution in [2.24, 2.45) is 0 Å². The number of hydrazine groups is 1. The van der Waals surface area contributed by atoms with Crippen LogP contribution in [0.4, 0.5) is 4.39 Å². The third-order valence-corrected chi connectivity index (χ3v) is 4.65. The van der Waals surface area contributed by atoms with Gasteiger partial charge in [-0.05, 0) is 60.5 Å². The summed E-state index contributed by atoms with van der Waals surface area (Å²) in [6, 6.07) is 18.1. The lowest BCUT2D eigenvalue weighted by Gasteiger charge is -2.21. The number of nitrogens with zero attached hydrogens (tertiary/aromatic N) is 1. The van der Waals surface area contributed by atoms with Crippen molar-refractivity contribution in [1.29, 1.82) is 5.26 Å². The second-order valence-corrected chi connectivity index (χ2v) is 6.96. The van der Waals surface area contributed by atoms with Crippen LogP contribution in [0.5, 0.6) is 5.75 Å². The molecule has 0 aliphatic rings. The van der Waals surface area contributed by atoms with E-state index in [2.05, 4.69) is 17.1 Å². The largest absolute Gasteiger partial charge is 0.394 e. The van der Waals surface area contributed by atoms with Crippen molar-refractivity contribution in [1.82, 2.24) is 11.0 Å². The Labute approximate surface area is 172 Å². The molecule has 0 bridgehead atoms. The Bertz CT molecular complexity index is 1020. The third kappa shape index (κ3) is 4.80. The zero-order valence-corrected chi connectivity index (χ0v) is 16.4. The summed E-state index contributed by atoms with van der Waals surface area (Å²) in [7, 11) is 0. The highest BCUT2D eigenvalue weighted by molar-refractivity contribution is 6.30. The standard InChI is InChI=1S/C21H16Cl2FN3O/c1-13-10-18(8-4-15(13)12-25)28-27-26-21(14-2-5-16(22)6-3-14)19-9-7-17(23)11-20(19)24/h2-11,21,26-27H,1H3. The summed E-state index contributed by atoms with van der Waals surface area (Å²) < 4.78 is 14.5. The maximum absolute atomic E-state index is 14.5. The summed E-state index contributed by atoms with van der Waals surface area (Å²) in [5.41, 5.74) is 8.15. The Morgan fingerprint density at radius 3 is 2.36 bits per heavy atom. The Morgan fingerprint density at radius 2 is 1.71 bits per heavy atom. The van der Waals surface area contributed by atoms with Gasteiger partial charge in [0, 0.05) is 15.6 Å². The number of rotatable bonds is 6. The molecule has 3 aromatic rings. The van der Waals surface area contributed by atoms with Crippen LogP contribution in [-0.4, -0.2) is 0 Å². The molecule has 2 N–H and O–H groups in total. The van der Waals surface area contributed by atoms with Gasteiger partial charge in [0.15, 0.2) is 0 Å². The van der Waals surface area contributed by atoms with E-state index in [9.17, 15) is 4.39 Å². The van der Waals surface area contributed by atoms with E-state index in [1.165, 1.54) is 6.07 Å². The smallest absolute Gasteiger partial charge is 0.149 e. The van der Waals surface area contributed by atoms with E-state index in [1.807, 2.05) is 6.92 Å². The minimum atomic E-state index is -0.561. The fraction of sp³-hybridized carbons (Fsp3) is 0.0952. The number of benzene rings is 3. The SMILES string of the molecule is Cc1cc(ONNC(c2ccc(Cl)cc2)c2ccc(Cl)cc2F)ccc1C#N. The normalized spacial score (nSPS) is 11.7. The molecule has 0 aliphatic carbocycles. The molecule has 0 spiro atoms. The molecule has 0 radical (unpaired) electrons. The first-order chi connectivity index (χ1) is 13.5. The lowest BCUT2D eigenvalue weighted by atomic mass is 9.99. The Hall–Kier alpha value is -2.62. The van der Waals surface area contributed by atoms with E-state index in [4.69, 9.17) is 33.3 Å². The molecule has 4 nitrogen and oxygen atoms in total. The van der Waals surface area contributed by atoms with Crippen LogP contribution in [0.15, 0.2) is 60.7 Å². The van der Waals surface area contributed by atoms with Crippen LogP contribution in [0.25, 0.3) is 0 Å². The first-order valence-corrected chi connectivity index (χ1v) is 9.12.